The van der Waals surface area contributed by atoms with E-state index in [1.165, 1.54) is 4.88 Å². The molecule has 0 spiro atoms. The molecule has 0 radical (unpaired) electrons. The Bertz CT molecular complexity index is 854. The summed E-state index contributed by atoms with van der Waals surface area (Å²) >= 11 is 1.56. The molecular weight excluding hydrogens is 360 g/mol. The van der Waals surface area contributed by atoms with Gasteiger partial charge in [-0.25, -0.2) is 0 Å². The molecule has 5 nitrogen and oxygen atoms in total. The number of rotatable bonds is 7. The van der Waals surface area contributed by atoms with Crippen LogP contribution in [0.15, 0.2) is 24.3 Å². The highest BCUT2D eigenvalue weighted by Gasteiger charge is 2.24. The molecular formula is C21H24N2O3S. The van der Waals surface area contributed by atoms with Crippen molar-refractivity contribution in [2.45, 2.75) is 39.0 Å². The van der Waals surface area contributed by atoms with Gasteiger partial charge in [0.15, 0.2) is 11.5 Å². The number of anilines is 1. The minimum absolute atomic E-state index is 0.0817. The fourth-order valence-electron chi connectivity index (χ4n) is 3.30. The van der Waals surface area contributed by atoms with E-state index in [0.29, 0.717) is 47.4 Å². The standard InChI is InChI=1S/C21H24N2O3S/c1-14-9-10-15-16(13-22)21(27-19(15)12-14)23-20(24)8-5-11-26-18-7-4-3-6-17(18)25-2/h3-4,6-7,14H,5,8-12H2,1-2H3,(H,23,24). The largest absolute Gasteiger partial charge is 0.493 e. The van der Waals surface area contributed by atoms with Gasteiger partial charge in [0.1, 0.15) is 11.1 Å². The molecule has 0 aliphatic heterocycles. The first-order valence-corrected chi connectivity index (χ1v) is 10.0. The minimum atomic E-state index is -0.0817. The molecule has 1 atom stereocenters. The number of ether oxygens (including phenoxy) is 2. The number of hydrogen-bond donors (Lipinski definition) is 1. The number of hydrogen-bond acceptors (Lipinski definition) is 5. The maximum absolute atomic E-state index is 12.3. The molecule has 142 valence electrons. The van der Waals surface area contributed by atoms with Crippen molar-refractivity contribution in [1.82, 2.24) is 0 Å². The molecule has 6 heteroatoms. The molecule has 1 N–H and O–H groups in total. The van der Waals surface area contributed by atoms with Crippen LogP contribution in [0, 0.1) is 17.2 Å². The Morgan fingerprint density at radius 3 is 2.89 bits per heavy atom. The fraction of sp³-hybridized carbons (Fsp3) is 0.429. The maximum atomic E-state index is 12.3. The van der Waals surface area contributed by atoms with Crippen LogP contribution in [0.2, 0.25) is 0 Å². The predicted molar refractivity (Wildman–Crippen MR) is 107 cm³/mol. The minimum Gasteiger partial charge on any atom is -0.493 e. The lowest BCUT2D eigenvalue weighted by Gasteiger charge is -2.17. The lowest BCUT2D eigenvalue weighted by atomic mass is 9.89. The maximum Gasteiger partial charge on any atom is 0.225 e. The topological polar surface area (TPSA) is 71.3 Å². The van der Waals surface area contributed by atoms with E-state index in [2.05, 4.69) is 18.3 Å². The van der Waals surface area contributed by atoms with Gasteiger partial charge in [0.05, 0.1) is 19.3 Å². The number of amides is 1. The predicted octanol–water partition coefficient (Wildman–Crippen LogP) is 4.55. The lowest BCUT2D eigenvalue weighted by molar-refractivity contribution is -0.116. The summed E-state index contributed by atoms with van der Waals surface area (Å²) in [7, 11) is 1.60. The summed E-state index contributed by atoms with van der Waals surface area (Å²) < 4.78 is 10.9. The first-order valence-electron chi connectivity index (χ1n) is 9.22. The average molecular weight is 385 g/mol. The zero-order valence-corrected chi connectivity index (χ0v) is 16.5. The molecule has 1 aromatic heterocycles. The van der Waals surface area contributed by atoms with Crippen LogP contribution >= 0.6 is 11.3 Å². The number of carbonyl (C=O) groups is 1. The molecule has 1 aliphatic rings. The van der Waals surface area contributed by atoms with Crippen LogP contribution in [-0.2, 0) is 17.6 Å². The quantitative estimate of drug-likeness (QED) is 0.711. The first kappa shape index (κ1) is 19.2. The number of carbonyl (C=O) groups excluding carboxylic acids is 1. The van der Waals surface area contributed by atoms with E-state index in [1.807, 2.05) is 24.3 Å². The second-order valence-electron chi connectivity index (χ2n) is 6.82. The number of fused-ring (bicyclic) bond motifs is 1. The van der Waals surface area contributed by atoms with E-state index in [1.54, 1.807) is 18.4 Å². The summed E-state index contributed by atoms with van der Waals surface area (Å²) in [6.45, 7) is 2.66. The highest BCUT2D eigenvalue weighted by molar-refractivity contribution is 7.16. The van der Waals surface area contributed by atoms with Gasteiger partial charge in [-0.15, -0.1) is 11.3 Å². The van der Waals surface area contributed by atoms with E-state index in [-0.39, 0.29) is 5.91 Å². The molecule has 27 heavy (non-hydrogen) atoms. The van der Waals surface area contributed by atoms with Gasteiger partial charge in [-0.1, -0.05) is 19.1 Å². The lowest BCUT2D eigenvalue weighted by Crippen LogP contribution is -2.13. The van der Waals surface area contributed by atoms with E-state index >= 15 is 0 Å². The monoisotopic (exact) mass is 384 g/mol. The van der Waals surface area contributed by atoms with Gasteiger partial charge in [0.25, 0.3) is 0 Å². The summed E-state index contributed by atoms with van der Waals surface area (Å²) in [5.41, 5.74) is 1.79. The third-order valence-corrected chi connectivity index (χ3v) is 5.92. The van der Waals surface area contributed by atoms with Crippen LogP contribution in [0.1, 0.15) is 42.2 Å². The first-order chi connectivity index (χ1) is 13.1. The summed E-state index contributed by atoms with van der Waals surface area (Å²) in [5.74, 6) is 1.91. The van der Waals surface area contributed by atoms with Gasteiger partial charge in [-0.2, -0.15) is 5.26 Å². The van der Waals surface area contributed by atoms with Crippen molar-refractivity contribution in [3.8, 4) is 17.6 Å². The second-order valence-corrected chi connectivity index (χ2v) is 7.92. The molecule has 0 saturated heterocycles. The highest BCUT2D eigenvalue weighted by Crippen LogP contribution is 2.39. The Balaban J connectivity index is 1.52. The molecule has 1 aliphatic carbocycles. The number of nitriles is 1. The van der Waals surface area contributed by atoms with Crippen molar-refractivity contribution >= 4 is 22.2 Å². The van der Waals surface area contributed by atoms with Crippen LogP contribution in [0.25, 0.3) is 0 Å². The van der Waals surface area contributed by atoms with E-state index in [0.717, 1.165) is 24.8 Å². The van der Waals surface area contributed by atoms with Gasteiger partial charge in [0, 0.05) is 11.3 Å². The van der Waals surface area contributed by atoms with Gasteiger partial charge in [-0.05, 0) is 49.3 Å². The number of thiophene rings is 1. The Morgan fingerprint density at radius 1 is 1.37 bits per heavy atom. The Kier molecular flexibility index (Phi) is 6.36. The third kappa shape index (κ3) is 4.61. The molecule has 1 aromatic carbocycles. The SMILES string of the molecule is COc1ccccc1OCCCC(=O)Nc1sc2c(c1C#N)CCC(C)C2. The third-order valence-electron chi connectivity index (χ3n) is 4.75. The Hall–Kier alpha value is -2.52. The number of methoxy groups -OCH3 is 1. The number of para-hydroxylation sites is 2. The fourth-order valence-corrected chi connectivity index (χ4v) is 4.68. The van der Waals surface area contributed by atoms with E-state index in [9.17, 15) is 10.1 Å². The number of nitrogens with zero attached hydrogens (tertiary/aromatic N) is 1. The second kappa shape index (κ2) is 8.92. The van der Waals surface area contributed by atoms with Crippen LogP contribution in [0.3, 0.4) is 0 Å². The van der Waals surface area contributed by atoms with Crippen molar-refractivity contribution in [3.05, 3.63) is 40.3 Å². The molecule has 3 rings (SSSR count). The molecule has 0 saturated carbocycles. The summed E-state index contributed by atoms with van der Waals surface area (Å²) in [5, 5.41) is 13.1. The molecule has 1 unspecified atom stereocenters. The molecule has 0 fully saturated rings. The molecule has 1 heterocycles. The zero-order chi connectivity index (χ0) is 19.2. The van der Waals surface area contributed by atoms with Crippen molar-refractivity contribution in [1.29, 1.82) is 5.26 Å². The zero-order valence-electron chi connectivity index (χ0n) is 15.7. The van der Waals surface area contributed by atoms with Crippen LogP contribution < -0.4 is 14.8 Å². The highest BCUT2D eigenvalue weighted by atomic mass is 32.1. The Morgan fingerprint density at radius 2 is 2.15 bits per heavy atom. The number of nitrogens with one attached hydrogen (secondary N) is 1. The van der Waals surface area contributed by atoms with Crippen LogP contribution in [-0.4, -0.2) is 19.6 Å². The van der Waals surface area contributed by atoms with Gasteiger partial charge >= 0.3 is 0 Å². The van der Waals surface area contributed by atoms with Crippen molar-refractivity contribution < 1.29 is 14.3 Å². The summed E-state index contributed by atoms with van der Waals surface area (Å²) in [4.78, 5) is 13.5. The molecule has 2 aromatic rings. The molecule has 1 amide bonds. The summed E-state index contributed by atoms with van der Waals surface area (Å²) in [6.07, 6.45) is 3.97. The van der Waals surface area contributed by atoms with Gasteiger partial charge in [-0.3, -0.25) is 4.79 Å². The average Bonchev–Trinajstić information content (AvgIpc) is 3.01. The van der Waals surface area contributed by atoms with Crippen LogP contribution in [0.5, 0.6) is 11.5 Å². The van der Waals surface area contributed by atoms with Gasteiger partial charge in [0.2, 0.25) is 5.91 Å². The van der Waals surface area contributed by atoms with Gasteiger partial charge < -0.3 is 14.8 Å². The smallest absolute Gasteiger partial charge is 0.225 e. The van der Waals surface area contributed by atoms with E-state index < -0.39 is 0 Å². The number of benzene rings is 1. The van der Waals surface area contributed by atoms with Crippen molar-refractivity contribution in [2.75, 3.05) is 19.0 Å². The molecule has 0 bridgehead atoms. The normalized spacial score (nSPS) is 15.5. The van der Waals surface area contributed by atoms with E-state index in [4.69, 9.17) is 9.47 Å². The summed E-state index contributed by atoms with van der Waals surface area (Å²) in [6, 6.07) is 9.73. The van der Waals surface area contributed by atoms with Crippen molar-refractivity contribution in [3.63, 3.8) is 0 Å². The van der Waals surface area contributed by atoms with Crippen LogP contribution in [0.4, 0.5) is 5.00 Å². The Labute approximate surface area is 163 Å². The van der Waals surface area contributed by atoms with Crippen molar-refractivity contribution in [2.24, 2.45) is 5.92 Å².